The molecule has 1 N–H and O–H groups in total. The molecule has 7 heteroatoms. The maximum atomic E-state index is 6.14. The zero-order chi connectivity index (χ0) is 21.3. The number of nitrogens with one attached hydrogen (secondary N) is 1. The summed E-state index contributed by atoms with van der Waals surface area (Å²) in [5.74, 6) is 0.949. The first-order valence-electron chi connectivity index (χ1n) is 11.5. The molecular weight excluding hydrogens is 390 g/mol. The Hall–Kier alpha value is -2.38. The minimum Gasteiger partial charge on any atom is -0.376 e. The van der Waals surface area contributed by atoms with Crippen LogP contribution < -0.4 is 5.32 Å². The molecule has 2 aromatic rings. The van der Waals surface area contributed by atoms with E-state index in [1.807, 2.05) is 24.0 Å². The summed E-state index contributed by atoms with van der Waals surface area (Å²) in [7, 11) is 1.85. The van der Waals surface area contributed by atoms with Gasteiger partial charge in [-0.05, 0) is 37.7 Å². The molecule has 2 saturated heterocycles. The van der Waals surface area contributed by atoms with E-state index in [0.717, 1.165) is 70.2 Å². The molecule has 0 spiro atoms. The van der Waals surface area contributed by atoms with Crippen LogP contribution in [0, 0.1) is 0 Å². The SMILES string of the molecule is CN=C(NCc1cnn(Cc2ccccc2)c1)N1CCC(OCC2CCCCO2)CC1. The Bertz CT molecular complexity index is 808. The molecule has 2 fully saturated rings. The smallest absolute Gasteiger partial charge is 0.193 e. The van der Waals surface area contributed by atoms with Crippen molar-refractivity contribution in [1.82, 2.24) is 20.0 Å². The van der Waals surface area contributed by atoms with Gasteiger partial charge < -0.3 is 19.7 Å². The van der Waals surface area contributed by atoms with Gasteiger partial charge in [-0.15, -0.1) is 0 Å². The van der Waals surface area contributed by atoms with E-state index in [1.165, 1.54) is 18.4 Å². The van der Waals surface area contributed by atoms with E-state index >= 15 is 0 Å². The Morgan fingerprint density at radius 1 is 1.16 bits per heavy atom. The molecule has 0 saturated carbocycles. The standard InChI is InChI=1S/C24H35N5O2/c1-25-24(26-15-21-16-27-29(18-21)17-20-7-3-2-4-8-20)28-12-10-22(11-13-28)31-19-23-9-5-6-14-30-23/h2-4,7-8,16,18,22-23H,5-6,9-15,17,19H2,1H3,(H,25,26). The second kappa shape index (κ2) is 11.3. The highest BCUT2D eigenvalue weighted by Crippen LogP contribution is 2.18. The van der Waals surface area contributed by atoms with E-state index in [0.29, 0.717) is 12.2 Å². The Kier molecular flexibility index (Phi) is 7.96. The molecule has 3 heterocycles. The van der Waals surface area contributed by atoms with Gasteiger partial charge >= 0.3 is 0 Å². The number of rotatable bonds is 7. The van der Waals surface area contributed by atoms with Crippen molar-refractivity contribution in [3.05, 3.63) is 53.9 Å². The highest BCUT2D eigenvalue weighted by molar-refractivity contribution is 5.79. The van der Waals surface area contributed by atoms with E-state index < -0.39 is 0 Å². The lowest BCUT2D eigenvalue weighted by Gasteiger charge is -2.35. The van der Waals surface area contributed by atoms with Gasteiger partial charge in [-0.1, -0.05) is 30.3 Å². The van der Waals surface area contributed by atoms with Gasteiger partial charge in [0.2, 0.25) is 0 Å². The van der Waals surface area contributed by atoms with E-state index in [-0.39, 0.29) is 0 Å². The van der Waals surface area contributed by atoms with Gasteiger partial charge in [0.15, 0.2) is 5.96 Å². The second-order valence-corrected chi connectivity index (χ2v) is 8.44. The zero-order valence-electron chi connectivity index (χ0n) is 18.6. The van der Waals surface area contributed by atoms with Crippen LogP contribution in [0.5, 0.6) is 0 Å². The molecule has 1 unspecified atom stereocenters. The van der Waals surface area contributed by atoms with Crippen molar-refractivity contribution >= 4 is 5.96 Å². The Labute approximate surface area is 185 Å². The van der Waals surface area contributed by atoms with Gasteiger partial charge in [0.1, 0.15) is 0 Å². The molecule has 168 valence electrons. The van der Waals surface area contributed by atoms with Crippen molar-refractivity contribution < 1.29 is 9.47 Å². The number of hydrogen-bond acceptors (Lipinski definition) is 4. The fourth-order valence-corrected chi connectivity index (χ4v) is 4.28. The van der Waals surface area contributed by atoms with Crippen molar-refractivity contribution in [2.45, 2.75) is 57.4 Å². The van der Waals surface area contributed by atoms with Gasteiger partial charge in [-0.25, -0.2) is 0 Å². The Balaban J connectivity index is 1.19. The first-order chi connectivity index (χ1) is 15.3. The number of benzene rings is 1. The number of nitrogens with zero attached hydrogens (tertiary/aromatic N) is 4. The van der Waals surface area contributed by atoms with Crippen molar-refractivity contribution in [1.29, 1.82) is 0 Å². The molecule has 0 bridgehead atoms. The van der Waals surface area contributed by atoms with Crippen molar-refractivity contribution in [2.75, 3.05) is 33.4 Å². The second-order valence-electron chi connectivity index (χ2n) is 8.44. The fraction of sp³-hybridized carbons (Fsp3) is 0.583. The molecule has 31 heavy (non-hydrogen) atoms. The Morgan fingerprint density at radius 2 is 2.00 bits per heavy atom. The van der Waals surface area contributed by atoms with Crippen LogP contribution in [-0.4, -0.2) is 66.2 Å². The van der Waals surface area contributed by atoms with Gasteiger partial charge in [0.05, 0.1) is 31.6 Å². The lowest BCUT2D eigenvalue weighted by molar-refractivity contribution is -0.0721. The third-order valence-electron chi connectivity index (χ3n) is 6.07. The molecule has 1 aromatic carbocycles. The number of aromatic nitrogens is 2. The Morgan fingerprint density at radius 3 is 2.74 bits per heavy atom. The maximum Gasteiger partial charge on any atom is 0.193 e. The van der Waals surface area contributed by atoms with Gasteiger partial charge in [0, 0.05) is 45.0 Å². The minimum absolute atomic E-state index is 0.295. The maximum absolute atomic E-state index is 6.14. The molecule has 4 rings (SSSR count). The van der Waals surface area contributed by atoms with Crippen molar-refractivity contribution in [2.24, 2.45) is 4.99 Å². The lowest BCUT2D eigenvalue weighted by Crippen LogP contribution is -2.47. The van der Waals surface area contributed by atoms with Gasteiger partial charge in [-0.2, -0.15) is 5.10 Å². The monoisotopic (exact) mass is 425 g/mol. The minimum atomic E-state index is 0.295. The number of likely N-dealkylation sites (tertiary alicyclic amines) is 1. The summed E-state index contributed by atoms with van der Waals surface area (Å²) in [6.07, 6.45) is 10.3. The number of piperidine rings is 1. The molecule has 0 amide bonds. The summed E-state index contributed by atoms with van der Waals surface area (Å²) in [5.41, 5.74) is 2.41. The third kappa shape index (κ3) is 6.55. The van der Waals surface area contributed by atoms with E-state index in [4.69, 9.17) is 9.47 Å². The summed E-state index contributed by atoms with van der Waals surface area (Å²) in [6.45, 7) is 5.06. The number of aliphatic imine (C=N–C) groups is 1. The summed E-state index contributed by atoms with van der Waals surface area (Å²) in [5, 5.41) is 7.99. The highest BCUT2D eigenvalue weighted by Gasteiger charge is 2.23. The van der Waals surface area contributed by atoms with Crippen LogP contribution in [0.3, 0.4) is 0 Å². The van der Waals surface area contributed by atoms with Crippen LogP contribution in [0.4, 0.5) is 0 Å². The van der Waals surface area contributed by atoms with Crippen LogP contribution in [0.15, 0.2) is 47.7 Å². The van der Waals surface area contributed by atoms with Crippen LogP contribution in [0.25, 0.3) is 0 Å². The predicted molar refractivity (Wildman–Crippen MR) is 122 cm³/mol. The number of guanidine groups is 1. The average Bonchev–Trinajstić information content (AvgIpc) is 3.27. The van der Waals surface area contributed by atoms with E-state index in [9.17, 15) is 0 Å². The largest absolute Gasteiger partial charge is 0.376 e. The van der Waals surface area contributed by atoms with E-state index in [1.54, 1.807) is 0 Å². The third-order valence-corrected chi connectivity index (χ3v) is 6.07. The fourth-order valence-electron chi connectivity index (χ4n) is 4.28. The van der Waals surface area contributed by atoms with Crippen LogP contribution in [0.2, 0.25) is 0 Å². The number of ether oxygens (including phenoxy) is 2. The molecule has 0 radical (unpaired) electrons. The normalized spacial score (nSPS) is 20.7. The molecule has 7 nitrogen and oxygen atoms in total. The first-order valence-corrected chi connectivity index (χ1v) is 11.5. The summed E-state index contributed by atoms with van der Waals surface area (Å²) >= 11 is 0. The molecule has 2 aliphatic rings. The number of hydrogen-bond donors (Lipinski definition) is 1. The summed E-state index contributed by atoms with van der Waals surface area (Å²) < 4.78 is 13.9. The molecule has 1 aromatic heterocycles. The van der Waals surface area contributed by atoms with Crippen molar-refractivity contribution in [3.8, 4) is 0 Å². The predicted octanol–water partition coefficient (Wildman–Crippen LogP) is 3.06. The lowest BCUT2D eigenvalue weighted by atomic mass is 10.1. The first kappa shape index (κ1) is 21.8. The zero-order valence-corrected chi connectivity index (χ0v) is 18.6. The topological polar surface area (TPSA) is 63.9 Å². The van der Waals surface area contributed by atoms with Gasteiger partial charge in [0.25, 0.3) is 0 Å². The summed E-state index contributed by atoms with van der Waals surface area (Å²) in [4.78, 5) is 6.81. The van der Waals surface area contributed by atoms with Crippen LogP contribution in [0.1, 0.15) is 43.2 Å². The quantitative estimate of drug-likeness (QED) is 0.546. The average molecular weight is 426 g/mol. The summed E-state index contributed by atoms with van der Waals surface area (Å²) in [6, 6.07) is 10.4. The van der Waals surface area contributed by atoms with Crippen LogP contribution in [-0.2, 0) is 22.6 Å². The van der Waals surface area contributed by atoms with Gasteiger partial charge in [-0.3, -0.25) is 9.67 Å². The van der Waals surface area contributed by atoms with Crippen LogP contribution >= 0.6 is 0 Å². The molecule has 1 atom stereocenters. The molecular formula is C24H35N5O2. The molecule has 2 aliphatic heterocycles. The van der Waals surface area contributed by atoms with Crippen molar-refractivity contribution in [3.63, 3.8) is 0 Å². The highest BCUT2D eigenvalue weighted by atomic mass is 16.5. The van der Waals surface area contributed by atoms with E-state index in [2.05, 4.69) is 50.8 Å². The molecule has 0 aliphatic carbocycles.